The van der Waals surface area contributed by atoms with Gasteiger partial charge < -0.3 is 20.7 Å². The molecule has 0 aromatic heterocycles. The van der Waals surface area contributed by atoms with Crippen LogP contribution in [0.2, 0.25) is 0 Å². The van der Waals surface area contributed by atoms with Gasteiger partial charge in [-0.15, -0.1) is 0 Å². The van der Waals surface area contributed by atoms with E-state index in [1.807, 2.05) is 0 Å². The summed E-state index contributed by atoms with van der Waals surface area (Å²) in [6.07, 6.45) is 5.09. The highest BCUT2D eigenvalue weighted by Gasteiger charge is 2.69. The summed E-state index contributed by atoms with van der Waals surface area (Å²) in [5.41, 5.74) is 3.82. The highest BCUT2D eigenvalue weighted by molar-refractivity contribution is 6.32. The Morgan fingerprint density at radius 1 is 1.07 bits per heavy atom. The number of phenols is 1. The fourth-order valence-electron chi connectivity index (χ4n) is 9.23. The Labute approximate surface area is 244 Å². The van der Waals surface area contributed by atoms with Crippen molar-refractivity contribution in [3.05, 3.63) is 22.8 Å². The van der Waals surface area contributed by atoms with E-state index in [-0.39, 0.29) is 24.2 Å². The van der Waals surface area contributed by atoms with E-state index in [4.69, 9.17) is 10.5 Å². The van der Waals surface area contributed by atoms with Crippen molar-refractivity contribution in [3.63, 3.8) is 0 Å². The first-order chi connectivity index (χ1) is 19.8. The van der Waals surface area contributed by atoms with Crippen molar-refractivity contribution in [2.45, 2.75) is 62.8 Å². The molecule has 0 spiro atoms. The number of hydrogen-bond acceptors (Lipinski definition) is 10. The van der Waals surface area contributed by atoms with Gasteiger partial charge in [0, 0.05) is 29.6 Å². The average Bonchev–Trinajstić information content (AvgIpc) is 3.54. The minimum absolute atomic E-state index is 0.00306. The molecule has 2 bridgehead atoms. The van der Waals surface area contributed by atoms with E-state index in [0.717, 1.165) is 17.9 Å². The molecule has 4 N–H and O–H groups in total. The van der Waals surface area contributed by atoms with Crippen molar-refractivity contribution in [2.24, 2.45) is 41.2 Å². The van der Waals surface area contributed by atoms with Gasteiger partial charge in [-0.3, -0.25) is 33.8 Å². The topological polar surface area (TPSA) is 168 Å². The first-order valence-corrected chi connectivity index (χ1v) is 14.8. The SMILES string of the molecule is COc1c(CN(C)[C@@H]2CC3CCC2C3)cc(O)c2c1C[C@H]1C[C@H]3[C@H](N(C)C)C(=O)C(C(N)=O)C(=O)[C@@]3(O)C(=O)C1C2=O. The fourth-order valence-corrected chi connectivity index (χ4v) is 9.23. The van der Waals surface area contributed by atoms with Crippen molar-refractivity contribution < 1.29 is 38.9 Å². The molecule has 9 atom stereocenters. The van der Waals surface area contributed by atoms with Gasteiger partial charge in [0.1, 0.15) is 11.5 Å². The zero-order chi connectivity index (χ0) is 30.4. The molecule has 42 heavy (non-hydrogen) atoms. The van der Waals surface area contributed by atoms with Crippen LogP contribution in [0, 0.1) is 35.5 Å². The van der Waals surface area contributed by atoms with Crippen LogP contribution in [0.4, 0.5) is 0 Å². The number of amides is 1. The lowest BCUT2D eigenvalue weighted by atomic mass is 9.52. The molecular formula is C31H39N3O8. The summed E-state index contributed by atoms with van der Waals surface area (Å²) in [4.78, 5) is 70.6. The van der Waals surface area contributed by atoms with E-state index in [1.54, 1.807) is 14.1 Å². The number of hydrogen-bond donors (Lipinski definition) is 3. The van der Waals surface area contributed by atoms with Gasteiger partial charge in [0.15, 0.2) is 34.7 Å². The number of benzene rings is 1. The molecule has 11 nitrogen and oxygen atoms in total. The van der Waals surface area contributed by atoms with Crippen LogP contribution in [0.25, 0.3) is 0 Å². The fraction of sp³-hybridized carbons (Fsp3) is 0.645. The number of ketones is 4. The lowest BCUT2D eigenvalue weighted by Crippen LogP contribution is -2.74. The number of methoxy groups -OCH3 is 1. The molecule has 226 valence electrons. The third-order valence-electron chi connectivity index (χ3n) is 11.0. The van der Waals surface area contributed by atoms with Gasteiger partial charge >= 0.3 is 0 Å². The van der Waals surface area contributed by atoms with Crippen molar-refractivity contribution >= 4 is 29.0 Å². The number of Topliss-reactive ketones (excluding diaryl/α,β-unsaturated/α-hetero) is 4. The van der Waals surface area contributed by atoms with Gasteiger partial charge in [-0.2, -0.15) is 0 Å². The van der Waals surface area contributed by atoms with E-state index in [0.29, 0.717) is 29.8 Å². The van der Waals surface area contributed by atoms with Crippen LogP contribution in [0.15, 0.2) is 6.07 Å². The second-order valence-corrected chi connectivity index (χ2v) is 13.4. The number of carbonyl (C=O) groups is 5. The van der Waals surface area contributed by atoms with Crippen molar-refractivity contribution in [2.75, 3.05) is 28.3 Å². The normalized spacial score (nSPS) is 37.2. The number of carbonyl (C=O) groups excluding carboxylic acids is 5. The number of nitrogens with zero attached hydrogens (tertiary/aromatic N) is 2. The molecule has 1 amide bonds. The first-order valence-electron chi connectivity index (χ1n) is 14.8. The molecular weight excluding hydrogens is 542 g/mol. The number of fused-ring (bicyclic) bond motifs is 5. The smallest absolute Gasteiger partial charge is 0.235 e. The molecule has 1 aromatic rings. The summed E-state index contributed by atoms with van der Waals surface area (Å²) >= 11 is 0. The molecule has 5 aliphatic rings. The van der Waals surface area contributed by atoms with Crippen LogP contribution in [-0.4, -0.2) is 95.0 Å². The van der Waals surface area contributed by atoms with E-state index >= 15 is 0 Å². The van der Waals surface area contributed by atoms with Crippen molar-refractivity contribution in [3.8, 4) is 11.5 Å². The quantitative estimate of drug-likeness (QED) is 0.402. The predicted octanol–water partition coefficient (Wildman–Crippen LogP) is 0.496. The number of nitrogens with two attached hydrogens (primary N) is 1. The maximum absolute atomic E-state index is 14.0. The summed E-state index contributed by atoms with van der Waals surface area (Å²) in [7, 11) is 6.71. The second-order valence-electron chi connectivity index (χ2n) is 13.4. The number of phenolic OH excluding ortho intramolecular Hbond substituents is 1. The maximum Gasteiger partial charge on any atom is 0.235 e. The van der Waals surface area contributed by atoms with Gasteiger partial charge in [-0.05, 0) is 77.1 Å². The Morgan fingerprint density at radius 3 is 2.36 bits per heavy atom. The molecule has 6 rings (SSSR count). The third-order valence-corrected chi connectivity index (χ3v) is 11.0. The van der Waals surface area contributed by atoms with Crippen molar-refractivity contribution in [1.82, 2.24) is 9.80 Å². The van der Waals surface area contributed by atoms with Crippen LogP contribution >= 0.6 is 0 Å². The van der Waals surface area contributed by atoms with Gasteiger partial charge in [-0.1, -0.05) is 6.42 Å². The molecule has 4 fully saturated rings. The highest BCUT2D eigenvalue weighted by Crippen LogP contribution is 2.53. The van der Waals surface area contributed by atoms with Crippen LogP contribution in [0.1, 0.15) is 53.6 Å². The number of primary amides is 1. The van der Waals surface area contributed by atoms with E-state index in [2.05, 4.69) is 11.9 Å². The molecule has 4 saturated carbocycles. The largest absolute Gasteiger partial charge is 0.507 e. The van der Waals surface area contributed by atoms with E-state index in [9.17, 15) is 34.2 Å². The average molecular weight is 582 g/mol. The molecule has 0 aliphatic heterocycles. The lowest BCUT2D eigenvalue weighted by Gasteiger charge is -2.52. The lowest BCUT2D eigenvalue weighted by molar-refractivity contribution is -0.181. The second kappa shape index (κ2) is 9.96. The summed E-state index contributed by atoms with van der Waals surface area (Å²) in [6.45, 7) is 0.516. The monoisotopic (exact) mass is 581 g/mol. The zero-order valence-electron chi connectivity index (χ0n) is 24.5. The molecule has 5 aliphatic carbocycles. The van der Waals surface area contributed by atoms with Gasteiger partial charge in [0.2, 0.25) is 5.91 Å². The number of aliphatic hydroxyl groups is 1. The summed E-state index contributed by atoms with van der Waals surface area (Å²) in [5, 5.41) is 22.9. The minimum Gasteiger partial charge on any atom is -0.507 e. The van der Waals surface area contributed by atoms with Gasteiger partial charge in [0.05, 0.1) is 24.6 Å². The van der Waals surface area contributed by atoms with Crippen LogP contribution in [-0.2, 0) is 32.1 Å². The predicted molar refractivity (Wildman–Crippen MR) is 149 cm³/mol. The van der Waals surface area contributed by atoms with Crippen LogP contribution in [0.5, 0.6) is 11.5 Å². The third kappa shape index (κ3) is 3.92. The zero-order valence-corrected chi connectivity index (χ0v) is 24.5. The van der Waals surface area contributed by atoms with Gasteiger partial charge in [0.25, 0.3) is 0 Å². The molecule has 11 heteroatoms. The Balaban J connectivity index is 1.38. The number of ether oxygens (including phenoxy) is 1. The Hall–Kier alpha value is -3.15. The number of aromatic hydroxyl groups is 1. The highest BCUT2D eigenvalue weighted by atomic mass is 16.5. The summed E-state index contributed by atoms with van der Waals surface area (Å²) < 4.78 is 5.85. The molecule has 0 saturated heterocycles. The first kappa shape index (κ1) is 28.9. The Bertz CT molecular complexity index is 1410. The van der Waals surface area contributed by atoms with Crippen molar-refractivity contribution in [1.29, 1.82) is 0 Å². The summed E-state index contributed by atoms with van der Waals surface area (Å²) in [5.74, 6) is -8.65. The number of likely N-dealkylation sites (N-methyl/N-ethyl adjacent to an activating group) is 1. The number of rotatable bonds is 6. The standard InChI is InChI=1S/C31H39N3O8/c1-33(2)24-18-10-15-9-17-22(25(36)21(15)28(38)31(18,41)29(39)23(26(24)37)30(32)40)20(35)11-16(27(17)42-4)12-34(3)19-8-13-5-6-14(19)7-13/h11,13-15,18-19,21,23-24,35,41H,5-10,12H2,1-4H3,(H2,32,40)/t13?,14?,15-,18-,19+,21?,23?,24-,31-/m0/s1. The van der Waals surface area contributed by atoms with E-state index in [1.165, 1.54) is 37.3 Å². The summed E-state index contributed by atoms with van der Waals surface area (Å²) in [6, 6.07) is 0.823. The molecule has 4 unspecified atom stereocenters. The maximum atomic E-state index is 14.0. The molecule has 0 heterocycles. The Kier molecular flexibility index (Phi) is 6.86. The van der Waals surface area contributed by atoms with Crippen LogP contribution < -0.4 is 10.5 Å². The van der Waals surface area contributed by atoms with Crippen LogP contribution in [0.3, 0.4) is 0 Å². The molecule has 1 aromatic carbocycles. The van der Waals surface area contributed by atoms with E-state index < -0.39 is 64.4 Å². The van der Waals surface area contributed by atoms with Gasteiger partial charge in [-0.25, -0.2) is 0 Å². The Morgan fingerprint density at radius 2 is 1.79 bits per heavy atom. The minimum atomic E-state index is -2.74. The molecule has 0 radical (unpaired) electrons.